The summed E-state index contributed by atoms with van der Waals surface area (Å²) in [6, 6.07) is 5.58. The number of nitrogens with zero attached hydrogens (tertiary/aromatic N) is 2. The smallest absolute Gasteiger partial charge is 0.224 e. The minimum absolute atomic E-state index is 0.141. The zero-order valence-corrected chi connectivity index (χ0v) is 17.2. The van der Waals surface area contributed by atoms with Crippen molar-refractivity contribution >= 4 is 23.2 Å². The molecule has 3 heterocycles. The normalized spacial score (nSPS) is 16.4. The quantitative estimate of drug-likeness (QED) is 0.486. The van der Waals surface area contributed by atoms with Crippen molar-refractivity contribution in [3.8, 4) is 0 Å². The maximum absolute atomic E-state index is 12.5. The number of carbonyl (C=O) groups is 1. The Hall–Kier alpha value is -2.32. The van der Waals surface area contributed by atoms with Gasteiger partial charge in [0.05, 0.1) is 12.8 Å². The van der Waals surface area contributed by atoms with E-state index in [1.54, 1.807) is 30.4 Å². The zero-order chi connectivity index (χ0) is 20.0. The molecule has 0 aliphatic carbocycles. The van der Waals surface area contributed by atoms with E-state index in [1.807, 2.05) is 11.8 Å². The van der Waals surface area contributed by atoms with Crippen LogP contribution in [0.3, 0.4) is 0 Å². The van der Waals surface area contributed by atoms with Crippen molar-refractivity contribution < 1.29 is 14.3 Å². The second-order valence-corrected chi connectivity index (χ2v) is 8.06. The summed E-state index contributed by atoms with van der Waals surface area (Å²) in [6.07, 6.45) is 2.87. The molecule has 0 saturated heterocycles. The number of aliphatic imine (C=N–C) groups is 1. The largest absolute Gasteiger partial charge is 0.466 e. The Morgan fingerprint density at radius 1 is 1.43 bits per heavy atom. The van der Waals surface area contributed by atoms with Gasteiger partial charge in [-0.3, -0.25) is 4.79 Å². The molecule has 8 heteroatoms. The summed E-state index contributed by atoms with van der Waals surface area (Å²) in [5.74, 6) is 1.18. The van der Waals surface area contributed by atoms with Crippen molar-refractivity contribution in [3.63, 3.8) is 0 Å². The van der Waals surface area contributed by atoms with Gasteiger partial charge in [-0.15, -0.1) is 11.3 Å². The molecular weight excluding hydrogens is 376 g/mol. The van der Waals surface area contributed by atoms with Gasteiger partial charge in [0.15, 0.2) is 5.96 Å². The summed E-state index contributed by atoms with van der Waals surface area (Å²) in [6.45, 7) is 6.45. The molecule has 7 nitrogen and oxygen atoms in total. The molecule has 0 spiro atoms. The summed E-state index contributed by atoms with van der Waals surface area (Å²) in [7, 11) is 0. The van der Waals surface area contributed by atoms with Crippen LogP contribution < -0.4 is 10.6 Å². The van der Waals surface area contributed by atoms with Crippen LogP contribution in [0.1, 0.15) is 36.5 Å². The van der Waals surface area contributed by atoms with E-state index in [1.165, 1.54) is 16.7 Å². The highest BCUT2D eigenvalue weighted by molar-refractivity contribution is 7.10. The van der Waals surface area contributed by atoms with Gasteiger partial charge in [0.2, 0.25) is 5.91 Å². The van der Waals surface area contributed by atoms with Gasteiger partial charge in [0, 0.05) is 37.5 Å². The van der Waals surface area contributed by atoms with Crippen LogP contribution in [0.2, 0.25) is 0 Å². The molecular formula is C20H28N4O3S. The van der Waals surface area contributed by atoms with E-state index in [0.29, 0.717) is 37.8 Å². The summed E-state index contributed by atoms with van der Waals surface area (Å²) < 4.78 is 5.28. The summed E-state index contributed by atoms with van der Waals surface area (Å²) in [4.78, 5) is 20.3. The predicted molar refractivity (Wildman–Crippen MR) is 110 cm³/mol. The molecule has 0 fully saturated rings. The van der Waals surface area contributed by atoms with Crippen LogP contribution in [-0.4, -0.2) is 48.1 Å². The van der Waals surface area contributed by atoms with Gasteiger partial charge in [0.1, 0.15) is 11.4 Å². The molecule has 1 atom stereocenters. The molecule has 0 saturated carbocycles. The Morgan fingerprint density at radius 2 is 2.29 bits per heavy atom. The van der Waals surface area contributed by atoms with E-state index in [-0.39, 0.29) is 12.5 Å². The van der Waals surface area contributed by atoms with Gasteiger partial charge >= 0.3 is 0 Å². The highest BCUT2D eigenvalue weighted by Crippen LogP contribution is 2.24. The lowest BCUT2D eigenvalue weighted by Crippen LogP contribution is -2.41. The Kier molecular flexibility index (Phi) is 6.74. The lowest BCUT2D eigenvalue weighted by molar-refractivity contribution is -0.131. The van der Waals surface area contributed by atoms with Gasteiger partial charge in [-0.25, -0.2) is 4.99 Å². The fourth-order valence-electron chi connectivity index (χ4n) is 3.14. The van der Waals surface area contributed by atoms with E-state index in [9.17, 15) is 9.90 Å². The average molecular weight is 405 g/mol. The number of thiophene rings is 1. The van der Waals surface area contributed by atoms with E-state index in [2.05, 4.69) is 27.1 Å². The number of hydrogen-bond acceptors (Lipinski definition) is 5. The lowest BCUT2D eigenvalue weighted by atomic mass is 10.0. The van der Waals surface area contributed by atoms with Crippen molar-refractivity contribution in [3.05, 3.63) is 46.0 Å². The highest BCUT2D eigenvalue weighted by atomic mass is 32.1. The second kappa shape index (κ2) is 9.25. The number of amides is 1. The number of fused-ring (bicyclic) bond motifs is 1. The van der Waals surface area contributed by atoms with Crippen LogP contribution in [0.4, 0.5) is 0 Å². The van der Waals surface area contributed by atoms with Crippen LogP contribution in [0.5, 0.6) is 0 Å². The fraction of sp³-hybridized carbons (Fsp3) is 0.500. The molecule has 1 aliphatic heterocycles. The number of hydrogen-bond donors (Lipinski definition) is 3. The van der Waals surface area contributed by atoms with Gasteiger partial charge in [-0.2, -0.15) is 0 Å². The monoisotopic (exact) mass is 404 g/mol. The van der Waals surface area contributed by atoms with Gasteiger partial charge in [-0.05, 0) is 49.4 Å². The number of rotatable bonds is 7. The van der Waals surface area contributed by atoms with Crippen LogP contribution in [0, 0.1) is 0 Å². The Bertz CT molecular complexity index is 798. The summed E-state index contributed by atoms with van der Waals surface area (Å²) in [5.41, 5.74) is 0.0842. The Labute approximate surface area is 169 Å². The summed E-state index contributed by atoms with van der Waals surface area (Å²) in [5, 5.41) is 18.9. The van der Waals surface area contributed by atoms with E-state index in [4.69, 9.17) is 4.42 Å². The van der Waals surface area contributed by atoms with Crippen molar-refractivity contribution in [1.29, 1.82) is 0 Å². The first-order chi connectivity index (χ1) is 13.5. The maximum atomic E-state index is 12.5. The minimum Gasteiger partial charge on any atom is -0.466 e. The third-order valence-electron chi connectivity index (χ3n) is 4.73. The van der Waals surface area contributed by atoms with Gasteiger partial charge in [0.25, 0.3) is 0 Å². The van der Waals surface area contributed by atoms with Crippen LogP contribution in [0.25, 0.3) is 0 Å². The average Bonchev–Trinajstić information content (AvgIpc) is 3.37. The zero-order valence-electron chi connectivity index (χ0n) is 16.4. The van der Waals surface area contributed by atoms with Crippen LogP contribution in [0.15, 0.2) is 39.3 Å². The van der Waals surface area contributed by atoms with Gasteiger partial charge < -0.3 is 25.1 Å². The van der Waals surface area contributed by atoms with Crippen molar-refractivity contribution in [2.45, 2.75) is 38.8 Å². The van der Waals surface area contributed by atoms with Crippen LogP contribution in [-0.2, 0) is 23.4 Å². The van der Waals surface area contributed by atoms with Crippen molar-refractivity contribution in [2.24, 2.45) is 4.99 Å². The standard InChI is InChI=1S/C20H28N4O3S/c1-3-21-19(23-14-20(2,26)17-5-4-11-27-17)22-9-6-18(25)24-10-7-16-15(13-24)8-12-28-16/h4-5,8,11-12,26H,3,6-7,9-10,13-14H2,1-2H3,(H2,21,22,23). The fourth-order valence-corrected chi connectivity index (χ4v) is 4.03. The Balaban J connectivity index is 1.49. The molecule has 152 valence electrons. The SMILES string of the molecule is CCNC(=NCC(C)(O)c1ccco1)NCCC(=O)N1CCc2sccc2C1. The van der Waals surface area contributed by atoms with Crippen molar-refractivity contribution in [1.82, 2.24) is 15.5 Å². The minimum atomic E-state index is -1.19. The number of carbonyl (C=O) groups excluding carboxylic acids is 1. The molecule has 0 radical (unpaired) electrons. The molecule has 1 amide bonds. The van der Waals surface area contributed by atoms with E-state index in [0.717, 1.165) is 13.0 Å². The topological polar surface area (TPSA) is 90.1 Å². The number of nitrogens with one attached hydrogen (secondary N) is 2. The molecule has 2 aromatic rings. The van der Waals surface area contributed by atoms with E-state index >= 15 is 0 Å². The third-order valence-corrected chi connectivity index (χ3v) is 5.76. The van der Waals surface area contributed by atoms with Crippen molar-refractivity contribution in [2.75, 3.05) is 26.2 Å². The first-order valence-corrected chi connectivity index (χ1v) is 10.5. The number of furan rings is 1. The third kappa shape index (κ3) is 5.14. The first-order valence-electron chi connectivity index (χ1n) is 9.61. The molecule has 0 aromatic carbocycles. The molecule has 1 unspecified atom stereocenters. The molecule has 1 aliphatic rings. The first kappa shape index (κ1) is 20.4. The summed E-state index contributed by atoms with van der Waals surface area (Å²) >= 11 is 1.77. The van der Waals surface area contributed by atoms with Crippen LogP contribution >= 0.6 is 11.3 Å². The second-order valence-electron chi connectivity index (χ2n) is 7.06. The molecule has 3 N–H and O–H groups in total. The molecule has 2 aromatic heterocycles. The molecule has 3 rings (SSSR count). The van der Waals surface area contributed by atoms with Gasteiger partial charge in [-0.1, -0.05) is 0 Å². The Morgan fingerprint density at radius 3 is 3.04 bits per heavy atom. The number of guanidine groups is 1. The molecule has 0 bridgehead atoms. The van der Waals surface area contributed by atoms with E-state index < -0.39 is 5.60 Å². The lowest BCUT2D eigenvalue weighted by Gasteiger charge is -2.27. The molecule has 28 heavy (non-hydrogen) atoms. The number of aliphatic hydroxyl groups is 1. The highest BCUT2D eigenvalue weighted by Gasteiger charge is 2.26. The predicted octanol–water partition coefficient (Wildman–Crippen LogP) is 2.08. The maximum Gasteiger partial charge on any atom is 0.224 e.